The van der Waals surface area contributed by atoms with Gasteiger partial charge in [-0.2, -0.15) is 4.98 Å². The number of fused-ring (bicyclic) bond motifs is 1. The number of benzene rings is 1. The number of aldehydes is 1. The monoisotopic (exact) mass is 407 g/mol. The van der Waals surface area contributed by atoms with Gasteiger partial charge in [0.25, 0.3) is 0 Å². The van der Waals surface area contributed by atoms with Crippen LogP contribution in [0.15, 0.2) is 36.8 Å². The van der Waals surface area contributed by atoms with Crippen molar-refractivity contribution in [2.24, 2.45) is 0 Å². The number of hydrogen-bond donors (Lipinski definition) is 1. The zero-order valence-corrected chi connectivity index (χ0v) is 17.5. The number of nitrogens with zero attached hydrogens (tertiary/aromatic N) is 6. The molecule has 0 unspecified atom stereocenters. The van der Waals surface area contributed by atoms with Crippen molar-refractivity contribution in [1.82, 2.24) is 24.4 Å². The third-order valence-corrected chi connectivity index (χ3v) is 5.55. The Kier molecular flexibility index (Phi) is 6.53. The molecular weight excluding hydrogens is 378 g/mol. The summed E-state index contributed by atoms with van der Waals surface area (Å²) in [5, 5.41) is 3.31. The lowest BCUT2D eigenvalue weighted by Gasteiger charge is -2.35. The number of piperazine rings is 1. The molecule has 158 valence electrons. The van der Waals surface area contributed by atoms with E-state index in [9.17, 15) is 4.79 Å². The minimum Gasteiger partial charge on any atom is -0.369 e. The van der Waals surface area contributed by atoms with Gasteiger partial charge in [-0.1, -0.05) is 19.8 Å². The molecule has 2 aromatic heterocycles. The third kappa shape index (κ3) is 4.76. The van der Waals surface area contributed by atoms with Crippen LogP contribution in [0.4, 0.5) is 17.3 Å². The Morgan fingerprint density at radius 1 is 1.07 bits per heavy atom. The molecule has 1 saturated heterocycles. The van der Waals surface area contributed by atoms with E-state index in [0.717, 1.165) is 62.3 Å². The molecule has 0 radical (unpaired) electrons. The standard InChI is InChI=1S/C22H29N7O/c1-2-3-4-9-29-17-24-20-16-23-22(26-21(20)29)25-18-5-7-19(8-6-18)28-12-10-27(11-13-28)14-15-30/h5-8,15-17H,2-4,9-14H2,1H3,(H,23,25,26). The largest absolute Gasteiger partial charge is 0.369 e. The van der Waals surface area contributed by atoms with E-state index in [1.165, 1.54) is 18.5 Å². The van der Waals surface area contributed by atoms with Crippen molar-refractivity contribution in [2.75, 3.05) is 42.9 Å². The van der Waals surface area contributed by atoms with E-state index < -0.39 is 0 Å². The maximum atomic E-state index is 10.7. The molecule has 0 bridgehead atoms. The second kappa shape index (κ2) is 9.67. The predicted octanol–water partition coefficient (Wildman–Crippen LogP) is 3.08. The fraction of sp³-hybridized carbons (Fsp3) is 0.455. The molecule has 1 N–H and O–H groups in total. The van der Waals surface area contributed by atoms with E-state index in [2.05, 4.69) is 65.8 Å². The first-order chi connectivity index (χ1) is 14.8. The molecule has 1 aliphatic heterocycles. The molecule has 3 heterocycles. The van der Waals surface area contributed by atoms with Crippen molar-refractivity contribution < 1.29 is 4.79 Å². The van der Waals surface area contributed by atoms with Crippen molar-refractivity contribution in [3.05, 3.63) is 36.8 Å². The first-order valence-electron chi connectivity index (χ1n) is 10.7. The molecule has 1 fully saturated rings. The molecule has 0 amide bonds. The van der Waals surface area contributed by atoms with E-state index in [4.69, 9.17) is 0 Å². The minimum atomic E-state index is 0.526. The number of anilines is 3. The number of aryl methyl sites for hydroxylation is 1. The molecule has 4 rings (SSSR count). The van der Waals surface area contributed by atoms with Gasteiger partial charge in [-0.25, -0.2) is 9.97 Å². The van der Waals surface area contributed by atoms with Crippen molar-refractivity contribution in [3.63, 3.8) is 0 Å². The molecule has 0 atom stereocenters. The van der Waals surface area contributed by atoms with Gasteiger partial charge < -0.3 is 19.6 Å². The lowest BCUT2D eigenvalue weighted by atomic mass is 10.2. The van der Waals surface area contributed by atoms with Crippen LogP contribution in [0.2, 0.25) is 0 Å². The Labute approximate surface area is 176 Å². The highest BCUT2D eigenvalue weighted by Gasteiger charge is 2.16. The zero-order chi connectivity index (χ0) is 20.8. The van der Waals surface area contributed by atoms with Crippen LogP contribution in [-0.2, 0) is 11.3 Å². The molecule has 8 heteroatoms. The molecule has 30 heavy (non-hydrogen) atoms. The van der Waals surface area contributed by atoms with Crippen LogP contribution in [0.3, 0.4) is 0 Å². The normalized spacial score (nSPS) is 14.9. The topological polar surface area (TPSA) is 79.2 Å². The Morgan fingerprint density at radius 2 is 1.87 bits per heavy atom. The van der Waals surface area contributed by atoms with Gasteiger partial charge in [-0.15, -0.1) is 0 Å². The highest BCUT2D eigenvalue weighted by atomic mass is 16.1. The molecule has 0 spiro atoms. The first kappa shape index (κ1) is 20.3. The summed E-state index contributed by atoms with van der Waals surface area (Å²) >= 11 is 0. The number of carbonyl (C=O) groups excluding carboxylic acids is 1. The average molecular weight is 408 g/mol. The van der Waals surface area contributed by atoms with Crippen molar-refractivity contribution in [2.45, 2.75) is 32.7 Å². The Balaban J connectivity index is 1.40. The summed E-state index contributed by atoms with van der Waals surface area (Å²) in [4.78, 5) is 28.7. The Hall–Kier alpha value is -3.00. The van der Waals surface area contributed by atoms with Gasteiger partial charge in [0, 0.05) is 44.1 Å². The number of unbranched alkanes of at least 4 members (excludes halogenated alkanes) is 2. The van der Waals surface area contributed by atoms with Gasteiger partial charge in [-0.3, -0.25) is 4.90 Å². The van der Waals surface area contributed by atoms with Crippen LogP contribution in [0.1, 0.15) is 26.2 Å². The lowest BCUT2D eigenvalue weighted by Crippen LogP contribution is -2.46. The molecule has 1 aliphatic rings. The number of imidazole rings is 1. The van der Waals surface area contributed by atoms with Crippen LogP contribution >= 0.6 is 0 Å². The number of hydrogen-bond acceptors (Lipinski definition) is 7. The van der Waals surface area contributed by atoms with Crippen LogP contribution in [-0.4, -0.2) is 63.4 Å². The summed E-state index contributed by atoms with van der Waals surface area (Å²) in [7, 11) is 0. The Morgan fingerprint density at radius 3 is 2.60 bits per heavy atom. The molecule has 3 aromatic rings. The maximum Gasteiger partial charge on any atom is 0.229 e. The number of rotatable bonds is 9. The summed E-state index contributed by atoms with van der Waals surface area (Å²) in [5.74, 6) is 0.579. The fourth-order valence-corrected chi connectivity index (χ4v) is 3.79. The SMILES string of the molecule is CCCCCn1cnc2cnc(Nc3ccc(N4CCN(CC=O)CC4)cc3)nc21. The van der Waals surface area contributed by atoms with Crippen LogP contribution in [0, 0.1) is 0 Å². The summed E-state index contributed by atoms with van der Waals surface area (Å²) in [6.45, 7) is 7.35. The van der Waals surface area contributed by atoms with Gasteiger partial charge in [0.2, 0.25) is 5.95 Å². The van der Waals surface area contributed by atoms with E-state index in [0.29, 0.717) is 12.5 Å². The van der Waals surface area contributed by atoms with E-state index in [1.807, 2.05) is 6.33 Å². The lowest BCUT2D eigenvalue weighted by molar-refractivity contribution is -0.108. The van der Waals surface area contributed by atoms with E-state index >= 15 is 0 Å². The van der Waals surface area contributed by atoms with E-state index in [-0.39, 0.29) is 0 Å². The maximum absolute atomic E-state index is 10.7. The fourth-order valence-electron chi connectivity index (χ4n) is 3.79. The summed E-state index contributed by atoms with van der Waals surface area (Å²) in [6, 6.07) is 8.34. The van der Waals surface area contributed by atoms with Gasteiger partial charge in [-0.05, 0) is 30.7 Å². The first-order valence-corrected chi connectivity index (χ1v) is 10.7. The Bertz CT molecular complexity index is 961. The van der Waals surface area contributed by atoms with Gasteiger partial charge in [0.15, 0.2) is 5.65 Å². The average Bonchev–Trinajstić information content (AvgIpc) is 3.18. The molecule has 0 saturated carbocycles. The van der Waals surface area contributed by atoms with Gasteiger partial charge in [0.1, 0.15) is 11.8 Å². The van der Waals surface area contributed by atoms with E-state index in [1.54, 1.807) is 6.20 Å². The number of carbonyl (C=O) groups is 1. The summed E-state index contributed by atoms with van der Waals surface area (Å²) in [6.07, 6.45) is 8.12. The smallest absolute Gasteiger partial charge is 0.229 e. The second-order valence-corrected chi connectivity index (χ2v) is 7.67. The van der Waals surface area contributed by atoms with Crippen LogP contribution < -0.4 is 10.2 Å². The summed E-state index contributed by atoms with van der Waals surface area (Å²) in [5.41, 5.74) is 3.83. The molecule has 0 aliphatic carbocycles. The van der Waals surface area contributed by atoms with Gasteiger partial charge >= 0.3 is 0 Å². The predicted molar refractivity (Wildman–Crippen MR) is 119 cm³/mol. The van der Waals surface area contributed by atoms with Crippen LogP contribution in [0.5, 0.6) is 0 Å². The second-order valence-electron chi connectivity index (χ2n) is 7.67. The van der Waals surface area contributed by atoms with Crippen LogP contribution in [0.25, 0.3) is 11.2 Å². The van der Waals surface area contributed by atoms with Crippen molar-refractivity contribution in [1.29, 1.82) is 0 Å². The molecular formula is C22H29N7O. The highest BCUT2D eigenvalue weighted by molar-refractivity contribution is 5.72. The highest BCUT2D eigenvalue weighted by Crippen LogP contribution is 2.22. The molecule has 1 aromatic carbocycles. The zero-order valence-electron chi connectivity index (χ0n) is 17.5. The van der Waals surface area contributed by atoms with Crippen molar-refractivity contribution in [3.8, 4) is 0 Å². The number of aromatic nitrogens is 4. The summed E-state index contributed by atoms with van der Waals surface area (Å²) < 4.78 is 2.10. The quantitative estimate of drug-likeness (QED) is 0.431. The van der Waals surface area contributed by atoms with Gasteiger partial charge in [0.05, 0.1) is 19.1 Å². The van der Waals surface area contributed by atoms with Crippen molar-refractivity contribution >= 4 is 34.8 Å². The molecule has 8 nitrogen and oxygen atoms in total. The third-order valence-electron chi connectivity index (χ3n) is 5.55. The minimum absolute atomic E-state index is 0.526. The number of nitrogens with one attached hydrogen (secondary N) is 1.